The maximum atomic E-state index is 12.5. The molecule has 0 spiro atoms. The smallest absolute Gasteiger partial charge is 0.223 e. The van der Waals surface area contributed by atoms with Crippen LogP contribution in [-0.4, -0.2) is 30.5 Å². The first-order valence-corrected chi connectivity index (χ1v) is 9.91. The highest BCUT2D eigenvalue weighted by Crippen LogP contribution is 2.20. The summed E-state index contributed by atoms with van der Waals surface area (Å²) in [5, 5.41) is 3.09. The minimum absolute atomic E-state index is 0.126. The van der Waals surface area contributed by atoms with Crippen molar-refractivity contribution in [3.05, 3.63) is 65.2 Å². The average Bonchev–Trinajstić information content (AvgIpc) is 2.68. The van der Waals surface area contributed by atoms with Crippen LogP contribution in [0.25, 0.3) is 0 Å². The molecule has 0 saturated carbocycles. The molecule has 4 heteroatoms. The molecule has 1 amide bonds. The molecule has 0 unspecified atom stereocenters. The zero-order valence-electron chi connectivity index (χ0n) is 16.4. The third kappa shape index (κ3) is 5.83. The molecule has 4 nitrogen and oxygen atoms in total. The number of ether oxygens (including phenoxy) is 1. The second-order valence-electron chi connectivity index (χ2n) is 7.33. The third-order valence-electron chi connectivity index (χ3n) is 5.15. The molecule has 0 aromatic heterocycles. The zero-order chi connectivity index (χ0) is 19.1. The van der Waals surface area contributed by atoms with Crippen LogP contribution in [0, 0.1) is 12.8 Å². The Morgan fingerprint density at radius 1 is 1.11 bits per heavy atom. The molecule has 1 saturated heterocycles. The number of hydrogen-bond donors (Lipinski definition) is 1. The van der Waals surface area contributed by atoms with Gasteiger partial charge in [0, 0.05) is 19.0 Å². The van der Waals surface area contributed by atoms with Crippen molar-refractivity contribution in [2.45, 2.75) is 39.8 Å². The maximum absolute atomic E-state index is 12.5. The summed E-state index contributed by atoms with van der Waals surface area (Å²) in [6.07, 6.45) is 1.86. The number of piperidine rings is 1. The van der Waals surface area contributed by atoms with Crippen molar-refractivity contribution in [3.8, 4) is 5.75 Å². The van der Waals surface area contributed by atoms with E-state index in [4.69, 9.17) is 4.74 Å². The summed E-state index contributed by atoms with van der Waals surface area (Å²) in [5.74, 6) is 1.18. The third-order valence-corrected chi connectivity index (χ3v) is 5.15. The van der Waals surface area contributed by atoms with E-state index in [0.29, 0.717) is 13.2 Å². The predicted molar refractivity (Wildman–Crippen MR) is 109 cm³/mol. The zero-order valence-corrected chi connectivity index (χ0v) is 16.4. The van der Waals surface area contributed by atoms with Crippen LogP contribution in [0.1, 0.15) is 36.5 Å². The van der Waals surface area contributed by atoms with Gasteiger partial charge < -0.3 is 10.1 Å². The molecule has 0 bridgehead atoms. The van der Waals surface area contributed by atoms with Crippen LogP contribution in [0.2, 0.25) is 0 Å². The highest BCUT2D eigenvalue weighted by molar-refractivity contribution is 5.78. The lowest BCUT2D eigenvalue weighted by Gasteiger charge is -2.31. The summed E-state index contributed by atoms with van der Waals surface area (Å²) in [6.45, 7) is 8.28. The number of hydrogen-bond acceptors (Lipinski definition) is 3. The summed E-state index contributed by atoms with van der Waals surface area (Å²) in [4.78, 5) is 14.9. The van der Waals surface area contributed by atoms with Crippen molar-refractivity contribution in [3.63, 3.8) is 0 Å². The number of rotatable bonds is 7. The number of benzene rings is 2. The number of nitrogens with zero attached hydrogens (tertiary/aromatic N) is 1. The summed E-state index contributed by atoms with van der Waals surface area (Å²) in [6, 6.07) is 16.6. The molecule has 0 radical (unpaired) electrons. The monoisotopic (exact) mass is 366 g/mol. The van der Waals surface area contributed by atoms with Gasteiger partial charge in [0.1, 0.15) is 5.75 Å². The van der Waals surface area contributed by atoms with Gasteiger partial charge in [0.2, 0.25) is 5.91 Å². The maximum Gasteiger partial charge on any atom is 0.223 e. The van der Waals surface area contributed by atoms with Crippen LogP contribution in [-0.2, 0) is 17.9 Å². The first kappa shape index (κ1) is 19.4. The van der Waals surface area contributed by atoms with Crippen molar-refractivity contribution >= 4 is 5.91 Å². The summed E-state index contributed by atoms with van der Waals surface area (Å²) in [5.41, 5.74) is 3.76. The second-order valence-corrected chi connectivity index (χ2v) is 7.33. The van der Waals surface area contributed by atoms with E-state index in [9.17, 15) is 4.79 Å². The predicted octanol–water partition coefficient (Wildman–Crippen LogP) is 3.92. The van der Waals surface area contributed by atoms with Crippen molar-refractivity contribution < 1.29 is 9.53 Å². The second kappa shape index (κ2) is 9.56. The van der Waals surface area contributed by atoms with Gasteiger partial charge >= 0.3 is 0 Å². The average molecular weight is 367 g/mol. The Bertz CT molecular complexity index is 734. The topological polar surface area (TPSA) is 41.6 Å². The molecule has 2 aromatic rings. The van der Waals surface area contributed by atoms with E-state index in [1.165, 1.54) is 11.1 Å². The number of carbonyl (C=O) groups excluding carboxylic acids is 1. The Morgan fingerprint density at radius 3 is 2.52 bits per heavy atom. The van der Waals surface area contributed by atoms with E-state index < -0.39 is 0 Å². The number of nitrogens with one attached hydrogen (secondary N) is 1. The Hall–Kier alpha value is -2.33. The lowest BCUT2D eigenvalue weighted by molar-refractivity contribution is -0.126. The van der Waals surface area contributed by atoms with Gasteiger partial charge in [-0.1, -0.05) is 42.0 Å². The van der Waals surface area contributed by atoms with Crippen molar-refractivity contribution in [1.82, 2.24) is 10.2 Å². The van der Waals surface area contributed by atoms with E-state index in [1.54, 1.807) is 0 Å². The van der Waals surface area contributed by atoms with Gasteiger partial charge in [0.25, 0.3) is 0 Å². The molecule has 1 N–H and O–H groups in total. The molecule has 1 aliphatic rings. The molecule has 2 aromatic carbocycles. The Kier molecular flexibility index (Phi) is 6.88. The molecule has 1 fully saturated rings. The summed E-state index contributed by atoms with van der Waals surface area (Å²) < 4.78 is 5.45. The standard InChI is InChI=1S/C23H30N2O2/c1-3-27-22-9-7-19(8-10-22)16-24-23(26)21-11-13-25(14-12-21)17-20-6-4-5-18(2)15-20/h4-10,15,21H,3,11-14,16-17H2,1-2H3,(H,24,26). The highest BCUT2D eigenvalue weighted by Gasteiger charge is 2.24. The lowest BCUT2D eigenvalue weighted by atomic mass is 9.95. The number of amides is 1. The quantitative estimate of drug-likeness (QED) is 0.807. The number of carbonyl (C=O) groups is 1. The van der Waals surface area contributed by atoms with Crippen molar-refractivity contribution in [2.24, 2.45) is 5.92 Å². The highest BCUT2D eigenvalue weighted by atomic mass is 16.5. The van der Waals surface area contributed by atoms with E-state index in [2.05, 4.69) is 41.4 Å². The SMILES string of the molecule is CCOc1ccc(CNC(=O)C2CCN(Cc3cccc(C)c3)CC2)cc1. The van der Waals surface area contributed by atoms with E-state index in [0.717, 1.165) is 43.8 Å². The van der Waals surface area contributed by atoms with Gasteiger partial charge in [0.05, 0.1) is 6.61 Å². The largest absolute Gasteiger partial charge is 0.494 e. The molecule has 1 heterocycles. The Morgan fingerprint density at radius 2 is 1.85 bits per heavy atom. The van der Waals surface area contributed by atoms with Crippen LogP contribution in [0.4, 0.5) is 0 Å². The molecular weight excluding hydrogens is 336 g/mol. The fraction of sp³-hybridized carbons (Fsp3) is 0.435. The Balaban J connectivity index is 1.41. The van der Waals surface area contributed by atoms with Crippen LogP contribution in [0.3, 0.4) is 0 Å². The fourth-order valence-corrected chi connectivity index (χ4v) is 3.63. The van der Waals surface area contributed by atoms with Crippen LogP contribution in [0.15, 0.2) is 48.5 Å². The van der Waals surface area contributed by atoms with E-state index >= 15 is 0 Å². The van der Waals surface area contributed by atoms with Gasteiger partial charge in [-0.25, -0.2) is 0 Å². The van der Waals surface area contributed by atoms with Gasteiger partial charge in [-0.3, -0.25) is 9.69 Å². The van der Waals surface area contributed by atoms with Crippen LogP contribution >= 0.6 is 0 Å². The molecule has 1 aliphatic heterocycles. The summed E-state index contributed by atoms with van der Waals surface area (Å²) in [7, 11) is 0. The number of aryl methyl sites for hydroxylation is 1. The van der Waals surface area contributed by atoms with E-state index in [1.807, 2.05) is 31.2 Å². The van der Waals surface area contributed by atoms with Crippen molar-refractivity contribution in [1.29, 1.82) is 0 Å². The minimum Gasteiger partial charge on any atom is -0.494 e. The lowest BCUT2D eigenvalue weighted by Crippen LogP contribution is -2.40. The normalized spacial score (nSPS) is 15.5. The molecular formula is C23H30N2O2. The van der Waals surface area contributed by atoms with Crippen LogP contribution in [0.5, 0.6) is 5.75 Å². The first-order valence-electron chi connectivity index (χ1n) is 9.91. The molecule has 0 aliphatic carbocycles. The van der Waals surface area contributed by atoms with Gasteiger partial charge in [-0.2, -0.15) is 0 Å². The molecule has 144 valence electrons. The van der Waals surface area contributed by atoms with Crippen LogP contribution < -0.4 is 10.1 Å². The summed E-state index contributed by atoms with van der Waals surface area (Å²) >= 11 is 0. The van der Waals surface area contributed by atoms with Crippen molar-refractivity contribution in [2.75, 3.05) is 19.7 Å². The molecule has 3 rings (SSSR count). The number of likely N-dealkylation sites (tertiary alicyclic amines) is 1. The van der Waals surface area contributed by atoms with E-state index in [-0.39, 0.29) is 11.8 Å². The van der Waals surface area contributed by atoms with Gasteiger partial charge in [-0.05, 0) is 63.0 Å². The Labute approximate surface area is 162 Å². The fourth-order valence-electron chi connectivity index (χ4n) is 3.63. The van der Waals surface area contributed by atoms with Gasteiger partial charge in [0.15, 0.2) is 0 Å². The first-order chi connectivity index (χ1) is 13.1. The van der Waals surface area contributed by atoms with Gasteiger partial charge in [-0.15, -0.1) is 0 Å². The molecule has 0 atom stereocenters. The molecule has 27 heavy (non-hydrogen) atoms. The minimum atomic E-state index is 0.126.